The summed E-state index contributed by atoms with van der Waals surface area (Å²) in [4.78, 5) is 12.5. The zero-order chi connectivity index (χ0) is 13.0. The molecule has 0 aliphatic carbocycles. The van der Waals surface area contributed by atoms with E-state index < -0.39 is 5.97 Å². The molecule has 1 rings (SSSR count). The number of esters is 1. The van der Waals surface area contributed by atoms with E-state index in [0.717, 1.165) is 28.9 Å². The van der Waals surface area contributed by atoms with Gasteiger partial charge in [-0.05, 0) is 36.8 Å². The predicted molar refractivity (Wildman–Crippen MR) is 70.0 cm³/mol. The van der Waals surface area contributed by atoms with Gasteiger partial charge in [0.2, 0.25) is 0 Å². The summed E-state index contributed by atoms with van der Waals surface area (Å²) in [6, 6.07) is 1.64. The van der Waals surface area contributed by atoms with Gasteiger partial charge in [-0.15, -0.1) is 11.8 Å². The van der Waals surface area contributed by atoms with Crippen LogP contribution < -0.4 is 0 Å². The molecule has 1 N–H and O–H groups in total. The number of carbonyl (C=O) groups is 1. The van der Waals surface area contributed by atoms with Gasteiger partial charge in [0.25, 0.3) is 0 Å². The zero-order valence-corrected chi connectivity index (χ0v) is 11.5. The highest BCUT2D eigenvalue weighted by Crippen LogP contribution is 2.35. The first-order valence-electron chi connectivity index (χ1n) is 5.54. The van der Waals surface area contributed by atoms with Crippen LogP contribution in [0.3, 0.4) is 0 Å². The highest BCUT2D eigenvalue weighted by Gasteiger charge is 2.21. The first-order chi connectivity index (χ1) is 8.06. The van der Waals surface area contributed by atoms with Crippen LogP contribution >= 0.6 is 11.8 Å². The van der Waals surface area contributed by atoms with Crippen molar-refractivity contribution in [2.75, 3.05) is 13.4 Å². The highest BCUT2D eigenvalue weighted by atomic mass is 32.2. The van der Waals surface area contributed by atoms with E-state index in [9.17, 15) is 9.90 Å². The van der Waals surface area contributed by atoms with E-state index >= 15 is 0 Å². The van der Waals surface area contributed by atoms with Crippen LogP contribution in [0.2, 0.25) is 0 Å². The molecule has 0 atom stereocenters. The minimum atomic E-state index is -0.482. The molecule has 0 spiro atoms. The molecule has 0 aliphatic rings. The van der Waals surface area contributed by atoms with Crippen LogP contribution in [0.5, 0.6) is 5.75 Å². The van der Waals surface area contributed by atoms with Crippen molar-refractivity contribution in [3.63, 3.8) is 0 Å². The number of thioether (sulfide) groups is 1. The number of phenolic OH excluding ortho intramolecular Hbond substituents is 1. The van der Waals surface area contributed by atoms with Gasteiger partial charge in [0, 0.05) is 4.90 Å². The maximum Gasteiger partial charge on any atom is 0.342 e. The Morgan fingerprint density at radius 2 is 2.18 bits per heavy atom. The lowest BCUT2D eigenvalue weighted by Gasteiger charge is -2.15. The van der Waals surface area contributed by atoms with Gasteiger partial charge in [-0.2, -0.15) is 0 Å². The van der Waals surface area contributed by atoms with Crippen molar-refractivity contribution in [2.24, 2.45) is 0 Å². The van der Waals surface area contributed by atoms with Gasteiger partial charge >= 0.3 is 5.97 Å². The Bertz CT molecular complexity index is 427. The monoisotopic (exact) mass is 254 g/mol. The van der Waals surface area contributed by atoms with Gasteiger partial charge in [0.15, 0.2) is 0 Å². The van der Waals surface area contributed by atoms with Crippen molar-refractivity contribution >= 4 is 17.7 Å². The number of methoxy groups -OCH3 is 1. The first kappa shape index (κ1) is 13.9. The SMILES string of the molecule is CCCc1c(C)cc(O)c(C(=O)OC)c1SC. The normalized spacial score (nSPS) is 10.4. The molecule has 0 saturated heterocycles. The van der Waals surface area contributed by atoms with Crippen molar-refractivity contribution in [3.05, 3.63) is 22.8 Å². The van der Waals surface area contributed by atoms with Crippen LogP contribution in [0, 0.1) is 6.92 Å². The fourth-order valence-electron chi connectivity index (χ4n) is 1.90. The third-order valence-electron chi connectivity index (χ3n) is 2.68. The highest BCUT2D eigenvalue weighted by molar-refractivity contribution is 7.98. The fourth-order valence-corrected chi connectivity index (χ4v) is 2.80. The second-order valence-electron chi connectivity index (χ2n) is 3.84. The van der Waals surface area contributed by atoms with E-state index in [4.69, 9.17) is 4.74 Å². The van der Waals surface area contributed by atoms with Crippen LogP contribution in [0.25, 0.3) is 0 Å². The number of rotatable bonds is 4. The topological polar surface area (TPSA) is 46.5 Å². The molecule has 1 aromatic rings. The second-order valence-corrected chi connectivity index (χ2v) is 4.66. The number of carbonyl (C=O) groups excluding carboxylic acids is 1. The lowest BCUT2D eigenvalue weighted by Crippen LogP contribution is -2.07. The molecule has 0 unspecified atom stereocenters. The zero-order valence-electron chi connectivity index (χ0n) is 10.7. The quantitative estimate of drug-likeness (QED) is 0.662. The van der Waals surface area contributed by atoms with E-state index in [1.54, 1.807) is 6.07 Å². The fraction of sp³-hybridized carbons (Fsp3) is 0.462. The Hall–Kier alpha value is -1.16. The molecule has 4 heteroatoms. The van der Waals surface area contributed by atoms with Gasteiger partial charge in [0.1, 0.15) is 11.3 Å². The second kappa shape index (κ2) is 5.96. The van der Waals surface area contributed by atoms with Crippen molar-refractivity contribution < 1.29 is 14.6 Å². The van der Waals surface area contributed by atoms with E-state index in [-0.39, 0.29) is 11.3 Å². The third kappa shape index (κ3) is 2.75. The van der Waals surface area contributed by atoms with Gasteiger partial charge in [-0.3, -0.25) is 0 Å². The molecular weight excluding hydrogens is 236 g/mol. The predicted octanol–water partition coefficient (Wildman–Crippen LogP) is 3.16. The van der Waals surface area contributed by atoms with Gasteiger partial charge < -0.3 is 9.84 Å². The molecule has 17 heavy (non-hydrogen) atoms. The van der Waals surface area contributed by atoms with Crippen LogP contribution in [0.15, 0.2) is 11.0 Å². The van der Waals surface area contributed by atoms with Crippen LogP contribution in [-0.2, 0) is 11.2 Å². The molecule has 3 nitrogen and oxygen atoms in total. The van der Waals surface area contributed by atoms with Crippen molar-refractivity contribution in [1.82, 2.24) is 0 Å². The number of benzene rings is 1. The van der Waals surface area contributed by atoms with Crippen molar-refractivity contribution in [1.29, 1.82) is 0 Å². The summed E-state index contributed by atoms with van der Waals surface area (Å²) >= 11 is 1.47. The molecule has 94 valence electrons. The van der Waals surface area contributed by atoms with Gasteiger partial charge in [-0.1, -0.05) is 13.3 Å². The molecule has 0 aliphatic heterocycles. The number of hydrogen-bond acceptors (Lipinski definition) is 4. The maximum absolute atomic E-state index is 11.7. The Kier molecular flexibility index (Phi) is 4.87. The Morgan fingerprint density at radius 3 is 2.65 bits per heavy atom. The van der Waals surface area contributed by atoms with Gasteiger partial charge in [0.05, 0.1) is 7.11 Å². The number of ether oxygens (including phenoxy) is 1. The molecule has 0 radical (unpaired) electrons. The van der Waals surface area contributed by atoms with E-state index in [1.807, 2.05) is 13.2 Å². The van der Waals surface area contributed by atoms with Crippen LogP contribution in [0.1, 0.15) is 34.8 Å². The first-order valence-corrected chi connectivity index (χ1v) is 6.77. The molecule has 0 aromatic heterocycles. The summed E-state index contributed by atoms with van der Waals surface area (Å²) in [6.45, 7) is 4.04. The molecule has 0 fully saturated rings. The summed E-state index contributed by atoms with van der Waals surface area (Å²) in [5, 5.41) is 9.88. The molecular formula is C13H18O3S. The minimum absolute atomic E-state index is 0.00134. The number of aryl methyl sites for hydroxylation is 1. The number of phenols is 1. The number of aromatic hydroxyl groups is 1. The smallest absolute Gasteiger partial charge is 0.342 e. The van der Waals surface area contributed by atoms with E-state index in [0.29, 0.717) is 0 Å². The van der Waals surface area contributed by atoms with Crippen molar-refractivity contribution in [3.8, 4) is 5.75 Å². The summed E-state index contributed by atoms with van der Waals surface area (Å²) in [5.41, 5.74) is 2.42. The third-order valence-corrected chi connectivity index (χ3v) is 3.54. The summed E-state index contributed by atoms with van der Waals surface area (Å²) in [6.07, 6.45) is 3.80. The van der Waals surface area contributed by atoms with E-state index in [2.05, 4.69) is 6.92 Å². The standard InChI is InChI=1S/C13H18O3S/c1-5-6-9-8(2)7-10(14)11(12(9)17-4)13(15)16-3/h7,14H,5-6H2,1-4H3. The summed E-state index contributed by atoms with van der Waals surface area (Å²) < 4.78 is 4.72. The van der Waals surface area contributed by atoms with E-state index in [1.165, 1.54) is 18.9 Å². The van der Waals surface area contributed by atoms with Gasteiger partial charge in [-0.25, -0.2) is 4.79 Å². The average Bonchev–Trinajstić information content (AvgIpc) is 2.31. The maximum atomic E-state index is 11.7. The lowest BCUT2D eigenvalue weighted by molar-refractivity contribution is 0.0593. The molecule has 0 saturated carbocycles. The number of hydrogen-bond donors (Lipinski definition) is 1. The Labute approximate surface area is 106 Å². The van der Waals surface area contributed by atoms with Crippen LogP contribution in [0.4, 0.5) is 0 Å². The summed E-state index contributed by atoms with van der Waals surface area (Å²) in [5.74, 6) is -0.484. The largest absolute Gasteiger partial charge is 0.507 e. The summed E-state index contributed by atoms with van der Waals surface area (Å²) in [7, 11) is 1.32. The average molecular weight is 254 g/mol. The van der Waals surface area contributed by atoms with Crippen molar-refractivity contribution in [2.45, 2.75) is 31.6 Å². The minimum Gasteiger partial charge on any atom is -0.507 e. The molecule has 1 aromatic carbocycles. The Morgan fingerprint density at radius 1 is 1.53 bits per heavy atom. The molecule has 0 heterocycles. The Balaban J connectivity index is 3.47. The molecule has 0 bridgehead atoms. The van der Waals surface area contributed by atoms with Crippen LogP contribution in [-0.4, -0.2) is 24.4 Å². The lowest BCUT2D eigenvalue weighted by atomic mass is 10.00. The molecule has 0 amide bonds.